The number of hydrogen-bond acceptors (Lipinski definition) is 2. The first kappa shape index (κ1) is 16.2. The minimum absolute atomic E-state index is 0.321. The maximum atomic E-state index is 14.1. The van der Waals surface area contributed by atoms with Crippen LogP contribution in [0.1, 0.15) is 18.1 Å². The lowest BCUT2D eigenvalue weighted by molar-refractivity contribution is 0.301. The van der Waals surface area contributed by atoms with Crippen LogP contribution in [0.15, 0.2) is 48.5 Å². The first-order valence-corrected chi connectivity index (χ1v) is 8.41. The number of benzene rings is 2. The molecule has 0 aromatic heterocycles. The van der Waals surface area contributed by atoms with Crippen molar-refractivity contribution in [2.45, 2.75) is 19.8 Å². The van der Waals surface area contributed by atoms with Crippen LogP contribution in [0, 0.1) is 11.1 Å². The lowest BCUT2D eigenvalue weighted by Gasteiger charge is -2.44. The van der Waals surface area contributed by atoms with E-state index in [-0.39, 0.29) is 4.65 Å². The Bertz CT molecular complexity index is 633. The Balaban J connectivity index is 2.09. The van der Waals surface area contributed by atoms with E-state index in [2.05, 4.69) is 38.1 Å². The molecule has 1 aliphatic heterocycles. The highest BCUT2D eigenvalue weighted by atomic mass is 16.5. The Morgan fingerprint density at radius 1 is 0.957 bits per heavy atom. The number of hydrogen-bond donors (Lipinski definition) is 0. The molecule has 0 amide bonds. The molecule has 3 rings (SSSR count). The molecule has 0 fully saturated rings. The van der Waals surface area contributed by atoms with E-state index in [4.69, 9.17) is 0 Å². The van der Waals surface area contributed by atoms with Gasteiger partial charge in [0.15, 0.2) is 0 Å². The number of nitrogens with zero attached hydrogens (tertiary/aromatic N) is 2. The predicted octanol–water partition coefficient (Wildman–Crippen LogP) is 4.12. The second-order valence-electron chi connectivity index (χ2n) is 7.05. The van der Waals surface area contributed by atoms with Gasteiger partial charge >= 0.3 is 0 Å². The van der Waals surface area contributed by atoms with Crippen LogP contribution in [0.3, 0.4) is 0 Å². The lowest BCUT2D eigenvalue weighted by atomic mass is 10.0. The van der Waals surface area contributed by atoms with E-state index in [1.54, 1.807) is 0 Å². The second kappa shape index (κ2) is 6.44. The highest BCUT2D eigenvalue weighted by Crippen LogP contribution is 2.42. The molecular weight excluding hydrogens is 284 g/mol. The zero-order valence-electron chi connectivity index (χ0n) is 14.3. The number of fused-ring (bicyclic) bond motifs is 2. The molecule has 1 unspecified atom stereocenters. The zero-order chi connectivity index (χ0) is 16.4. The van der Waals surface area contributed by atoms with E-state index in [0.717, 1.165) is 30.8 Å². The van der Waals surface area contributed by atoms with Gasteiger partial charge in [0, 0.05) is 35.7 Å². The molecule has 1 atom stereocenters. The summed E-state index contributed by atoms with van der Waals surface area (Å²) in [5.74, 6) is 0.321. The molecule has 122 valence electrons. The Kier molecular flexibility index (Phi) is 4.53. The number of aryl methyl sites for hydroxylation is 2. The van der Waals surface area contributed by atoms with Gasteiger partial charge < -0.3 is 10.1 Å². The largest absolute Gasteiger partial charge is 0.622 e. The van der Waals surface area contributed by atoms with Gasteiger partial charge in [-0.2, -0.15) is 0 Å². The van der Waals surface area contributed by atoms with Crippen molar-refractivity contribution in [3.63, 3.8) is 0 Å². The summed E-state index contributed by atoms with van der Waals surface area (Å²) in [5, 5.41) is 14.1. The molecule has 3 nitrogen and oxygen atoms in total. The van der Waals surface area contributed by atoms with Crippen LogP contribution in [-0.2, 0) is 12.8 Å². The second-order valence-corrected chi connectivity index (χ2v) is 7.05. The lowest BCUT2D eigenvalue weighted by Crippen LogP contribution is -2.44. The molecule has 0 bridgehead atoms. The molecule has 1 heterocycles. The minimum Gasteiger partial charge on any atom is -0.622 e. The summed E-state index contributed by atoms with van der Waals surface area (Å²) < 4.78 is -0.332. The van der Waals surface area contributed by atoms with Gasteiger partial charge in [0.25, 0.3) is 0 Å². The molecule has 2 aromatic carbocycles. The van der Waals surface area contributed by atoms with E-state index in [9.17, 15) is 5.21 Å². The zero-order valence-corrected chi connectivity index (χ0v) is 14.3. The van der Waals surface area contributed by atoms with Crippen molar-refractivity contribution in [1.29, 1.82) is 0 Å². The number of para-hydroxylation sites is 2. The third-order valence-electron chi connectivity index (χ3n) is 4.67. The van der Waals surface area contributed by atoms with Crippen LogP contribution < -0.4 is 4.65 Å². The average molecular weight is 310 g/mol. The van der Waals surface area contributed by atoms with Crippen LogP contribution in [-0.4, -0.2) is 32.1 Å². The number of hydroxylamine groups is 1. The third kappa shape index (κ3) is 3.18. The van der Waals surface area contributed by atoms with E-state index < -0.39 is 0 Å². The molecule has 0 aliphatic carbocycles. The average Bonchev–Trinajstić information content (AvgIpc) is 2.63. The molecular formula is C20H26N2O. The van der Waals surface area contributed by atoms with Gasteiger partial charge in [-0.1, -0.05) is 43.3 Å². The van der Waals surface area contributed by atoms with Crippen molar-refractivity contribution in [3.05, 3.63) is 64.9 Å². The molecule has 0 saturated carbocycles. The molecule has 0 saturated heterocycles. The van der Waals surface area contributed by atoms with Crippen LogP contribution >= 0.6 is 0 Å². The highest BCUT2D eigenvalue weighted by molar-refractivity contribution is 5.67. The molecule has 0 spiro atoms. The minimum atomic E-state index is -0.332. The first-order valence-electron chi connectivity index (χ1n) is 8.41. The van der Waals surface area contributed by atoms with E-state index in [1.807, 2.05) is 36.4 Å². The van der Waals surface area contributed by atoms with Gasteiger partial charge in [-0.15, -0.1) is 0 Å². The maximum absolute atomic E-state index is 14.1. The third-order valence-corrected chi connectivity index (χ3v) is 4.67. The fourth-order valence-corrected chi connectivity index (χ4v) is 3.87. The van der Waals surface area contributed by atoms with Crippen LogP contribution in [0.5, 0.6) is 0 Å². The summed E-state index contributed by atoms with van der Waals surface area (Å²) in [5.41, 5.74) is 4.22. The van der Waals surface area contributed by atoms with Gasteiger partial charge in [0.2, 0.25) is 0 Å². The van der Waals surface area contributed by atoms with Crippen LogP contribution in [0.4, 0.5) is 11.4 Å². The maximum Gasteiger partial charge on any atom is 0.141 e. The van der Waals surface area contributed by atoms with E-state index in [1.165, 1.54) is 11.1 Å². The monoisotopic (exact) mass is 310 g/mol. The number of quaternary nitrogens is 1. The normalized spacial score (nSPS) is 17.3. The van der Waals surface area contributed by atoms with Crippen molar-refractivity contribution in [2.75, 3.05) is 27.2 Å². The summed E-state index contributed by atoms with van der Waals surface area (Å²) in [6.07, 6.45) is 1.88. The first-order chi connectivity index (χ1) is 11.0. The summed E-state index contributed by atoms with van der Waals surface area (Å²) in [7, 11) is 4.13. The SMILES string of the molecule is CC(CN(C)C)C[N+]1([O-])c2ccccc2CCc2ccccc21. The molecule has 0 N–H and O–H groups in total. The predicted molar refractivity (Wildman–Crippen MR) is 97.7 cm³/mol. The van der Waals surface area contributed by atoms with Gasteiger partial charge in [-0.25, -0.2) is 0 Å². The fraction of sp³-hybridized carbons (Fsp3) is 0.400. The summed E-state index contributed by atoms with van der Waals surface area (Å²) in [4.78, 5) is 2.16. The summed E-state index contributed by atoms with van der Waals surface area (Å²) >= 11 is 0. The highest BCUT2D eigenvalue weighted by Gasteiger charge is 2.33. The van der Waals surface area contributed by atoms with Crippen molar-refractivity contribution in [2.24, 2.45) is 5.92 Å². The van der Waals surface area contributed by atoms with Gasteiger partial charge in [0.1, 0.15) is 11.4 Å². The smallest absolute Gasteiger partial charge is 0.141 e. The van der Waals surface area contributed by atoms with E-state index in [0.29, 0.717) is 12.5 Å². The Hall–Kier alpha value is -1.68. The summed E-state index contributed by atoms with van der Waals surface area (Å²) in [6.45, 7) is 3.67. The van der Waals surface area contributed by atoms with Crippen molar-refractivity contribution in [1.82, 2.24) is 9.55 Å². The molecule has 0 radical (unpaired) electrons. The van der Waals surface area contributed by atoms with E-state index >= 15 is 0 Å². The Morgan fingerprint density at radius 2 is 1.43 bits per heavy atom. The summed E-state index contributed by atoms with van der Waals surface area (Å²) in [6, 6.07) is 16.3. The Morgan fingerprint density at radius 3 is 1.91 bits per heavy atom. The van der Waals surface area contributed by atoms with Crippen LogP contribution in [0.25, 0.3) is 0 Å². The van der Waals surface area contributed by atoms with Crippen molar-refractivity contribution >= 4 is 11.4 Å². The van der Waals surface area contributed by atoms with Crippen LogP contribution in [0.2, 0.25) is 0 Å². The molecule has 2 aromatic rings. The Labute approximate surface area is 139 Å². The number of rotatable bonds is 4. The molecule has 23 heavy (non-hydrogen) atoms. The van der Waals surface area contributed by atoms with Gasteiger partial charge in [-0.3, -0.25) is 4.65 Å². The molecule has 1 aliphatic rings. The molecule has 3 heteroatoms. The van der Waals surface area contributed by atoms with Crippen molar-refractivity contribution in [3.8, 4) is 0 Å². The fourth-order valence-electron chi connectivity index (χ4n) is 3.87. The quantitative estimate of drug-likeness (QED) is 0.627. The van der Waals surface area contributed by atoms with Gasteiger partial charge in [-0.05, 0) is 26.9 Å². The topological polar surface area (TPSA) is 26.3 Å². The standard InChI is InChI=1S/C20H26N2O/c1-16(14-21(2)3)15-22(23)19-10-6-4-8-17(19)12-13-18-9-5-7-11-20(18)22/h4-11,16H,12-15H2,1-3H3. The van der Waals surface area contributed by atoms with Gasteiger partial charge in [0.05, 0.1) is 6.54 Å². The van der Waals surface area contributed by atoms with Crippen molar-refractivity contribution < 1.29 is 0 Å².